The van der Waals surface area contributed by atoms with E-state index in [0.29, 0.717) is 25.8 Å². The lowest BCUT2D eigenvalue weighted by atomic mass is 10.0. The Balaban J connectivity index is 2.15. The number of carbonyl (C=O) groups excluding carboxylic acids is 2. The lowest BCUT2D eigenvalue weighted by Crippen LogP contribution is -2.48. The van der Waals surface area contributed by atoms with Crippen molar-refractivity contribution >= 4 is 11.8 Å². The first kappa shape index (κ1) is 22.5. The van der Waals surface area contributed by atoms with Crippen LogP contribution < -0.4 is 10.1 Å². The van der Waals surface area contributed by atoms with E-state index in [1.165, 1.54) is 5.56 Å². The number of nitrogens with zero attached hydrogens (tertiary/aromatic N) is 1. The van der Waals surface area contributed by atoms with Gasteiger partial charge in [0.05, 0.1) is 7.11 Å². The van der Waals surface area contributed by atoms with Crippen LogP contribution in [0.3, 0.4) is 0 Å². The molecule has 0 heterocycles. The zero-order valence-corrected chi connectivity index (χ0v) is 17.9. The summed E-state index contributed by atoms with van der Waals surface area (Å²) in [6.45, 7) is 4.44. The van der Waals surface area contributed by atoms with Crippen molar-refractivity contribution in [2.24, 2.45) is 0 Å². The maximum absolute atomic E-state index is 13.1. The number of ether oxygens (including phenoxy) is 1. The molecular weight excluding hydrogens is 364 g/mol. The lowest BCUT2D eigenvalue weighted by Gasteiger charge is -2.30. The van der Waals surface area contributed by atoms with Crippen molar-refractivity contribution in [1.29, 1.82) is 0 Å². The van der Waals surface area contributed by atoms with Crippen molar-refractivity contribution in [2.75, 3.05) is 14.2 Å². The molecule has 156 valence electrons. The van der Waals surface area contributed by atoms with Crippen LogP contribution in [-0.4, -0.2) is 36.9 Å². The van der Waals surface area contributed by atoms with Crippen LogP contribution >= 0.6 is 0 Å². The van der Waals surface area contributed by atoms with Crippen molar-refractivity contribution in [3.8, 4) is 5.75 Å². The molecule has 0 saturated heterocycles. The van der Waals surface area contributed by atoms with Crippen molar-refractivity contribution in [3.05, 3.63) is 65.2 Å². The van der Waals surface area contributed by atoms with Crippen molar-refractivity contribution < 1.29 is 14.3 Å². The first-order valence-electron chi connectivity index (χ1n) is 10.2. The first-order chi connectivity index (χ1) is 14.0. The zero-order chi connectivity index (χ0) is 21.2. The van der Waals surface area contributed by atoms with Crippen molar-refractivity contribution in [3.63, 3.8) is 0 Å². The summed E-state index contributed by atoms with van der Waals surface area (Å²) in [5, 5.41) is 2.69. The van der Waals surface area contributed by atoms with Gasteiger partial charge in [-0.3, -0.25) is 9.59 Å². The second-order valence-corrected chi connectivity index (χ2v) is 7.08. The van der Waals surface area contributed by atoms with Gasteiger partial charge >= 0.3 is 0 Å². The van der Waals surface area contributed by atoms with E-state index in [1.54, 1.807) is 19.1 Å². The summed E-state index contributed by atoms with van der Waals surface area (Å²) in [5.41, 5.74) is 3.38. The Morgan fingerprint density at radius 1 is 0.966 bits per heavy atom. The third-order valence-corrected chi connectivity index (χ3v) is 5.20. The summed E-state index contributed by atoms with van der Waals surface area (Å²) in [6.07, 6.45) is 2.59. The molecule has 0 unspecified atom stereocenters. The molecule has 0 bridgehead atoms. The van der Waals surface area contributed by atoms with Gasteiger partial charge in [-0.15, -0.1) is 0 Å². The minimum atomic E-state index is -0.489. The number of carbonyl (C=O) groups is 2. The maximum atomic E-state index is 13.1. The van der Waals surface area contributed by atoms with Gasteiger partial charge in [0.1, 0.15) is 11.8 Å². The summed E-state index contributed by atoms with van der Waals surface area (Å²) in [7, 11) is 3.23. The summed E-state index contributed by atoms with van der Waals surface area (Å²) in [6, 6.07) is 15.5. The van der Waals surface area contributed by atoms with Crippen LogP contribution in [0.5, 0.6) is 5.75 Å². The third-order valence-electron chi connectivity index (χ3n) is 5.20. The second-order valence-electron chi connectivity index (χ2n) is 7.08. The van der Waals surface area contributed by atoms with Gasteiger partial charge < -0.3 is 15.0 Å². The number of methoxy groups -OCH3 is 1. The first-order valence-corrected chi connectivity index (χ1v) is 10.2. The Bertz CT molecular complexity index is 785. The zero-order valence-electron chi connectivity index (χ0n) is 17.9. The molecule has 5 nitrogen and oxygen atoms in total. The van der Waals surface area contributed by atoms with Gasteiger partial charge in [0.2, 0.25) is 11.8 Å². The Kier molecular flexibility index (Phi) is 8.71. The highest BCUT2D eigenvalue weighted by molar-refractivity contribution is 5.87. The Hall–Kier alpha value is -2.82. The summed E-state index contributed by atoms with van der Waals surface area (Å²) in [5.74, 6) is 0.609. The molecule has 0 radical (unpaired) electrons. The molecule has 0 aliphatic rings. The van der Waals surface area contributed by atoms with Gasteiger partial charge in [0, 0.05) is 20.0 Å². The van der Waals surface area contributed by atoms with Crippen LogP contribution in [0.25, 0.3) is 0 Å². The number of likely N-dealkylation sites (N-methyl/N-ethyl adjacent to an activating group) is 1. The molecule has 0 aliphatic heterocycles. The van der Waals surface area contributed by atoms with E-state index in [9.17, 15) is 9.59 Å². The molecular formula is C24H32N2O3. The van der Waals surface area contributed by atoms with Crippen LogP contribution in [0.4, 0.5) is 0 Å². The third kappa shape index (κ3) is 6.34. The largest absolute Gasteiger partial charge is 0.497 e. The van der Waals surface area contributed by atoms with Crippen molar-refractivity contribution in [1.82, 2.24) is 10.2 Å². The summed E-state index contributed by atoms with van der Waals surface area (Å²) >= 11 is 0. The molecule has 2 aromatic rings. The molecule has 2 amide bonds. The number of hydrogen-bond acceptors (Lipinski definition) is 3. The highest BCUT2D eigenvalue weighted by Crippen LogP contribution is 2.18. The van der Waals surface area contributed by atoms with E-state index in [4.69, 9.17) is 4.74 Å². The standard InChI is InChI=1S/C24H32N2O3/c1-5-18-7-9-19(10-8-18)13-16-23(27)26(22(6-2)24(28)25-3)17-20-11-14-21(29-4)15-12-20/h7-12,14-15,22H,5-6,13,16-17H2,1-4H3,(H,25,28)/t22-/m1/s1. The predicted molar refractivity (Wildman–Crippen MR) is 116 cm³/mol. The van der Waals surface area contributed by atoms with Crippen LogP contribution in [-0.2, 0) is 29.0 Å². The fraction of sp³-hybridized carbons (Fsp3) is 0.417. The Morgan fingerprint density at radius 3 is 2.07 bits per heavy atom. The highest BCUT2D eigenvalue weighted by atomic mass is 16.5. The average Bonchev–Trinajstić information content (AvgIpc) is 2.77. The van der Waals surface area contributed by atoms with Gasteiger partial charge in [0.15, 0.2) is 0 Å². The quantitative estimate of drug-likeness (QED) is 0.665. The Morgan fingerprint density at radius 2 is 1.55 bits per heavy atom. The summed E-state index contributed by atoms with van der Waals surface area (Å²) in [4.78, 5) is 27.2. The van der Waals surface area contributed by atoms with Crippen LogP contribution in [0, 0.1) is 0 Å². The molecule has 1 N–H and O–H groups in total. The Labute approximate surface area is 174 Å². The van der Waals surface area contributed by atoms with Crippen LogP contribution in [0.2, 0.25) is 0 Å². The number of aryl methyl sites for hydroxylation is 2. The predicted octanol–water partition coefficient (Wildman–Crippen LogP) is 3.74. The number of hydrogen-bond donors (Lipinski definition) is 1. The molecule has 5 heteroatoms. The molecule has 0 fully saturated rings. The molecule has 0 aliphatic carbocycles. The van der Waals surface area contributed by atoms with Gasteiger partial charge in [-0.25, -0.2) is 0 Å². The van der Waals surface area contributed by atoms with E-state index in [-0.39, 0.29) is 11.8 Å². The smallest absolute Gasteiger partial charge is 0.242 e. The SMILES string of the molecule is CCc1ccc(CCC(=O)N(Cc2ccc(OC)cc2)[C@H](CC)C(=O)NC)cc1. The molecule has 2 rings (SSSR count). The minimum absolute atomic E-state index is 0.0177. The van der Waals surface area contributed by atoms with Gasteiger partial charge in [-0.05, 0) is 48.1 Å². The van der Waals surface area contributed by atoms with E-state index in [0.717, 1.165) is 23.3 Å². The molecule has 0 aromatic heterocycles. The molecule has 2 aromatic carbocycles. The fourth-order valence-electron chi connectivity index (χ4n) is 3.35. The monoisotopic (exact) mass is 396 g/mol. The number of nitrogens with one attached hydrogen (secondary N) is 1. The highest BCUT2D eigenvalue weighted by Gasteiger charge is 2.27. The van der Waals surface area contributed by atoms with E-state index in [1.807, 2.05) is 31.2 Å². The number of amides is 2. The minimum Gasteiger partial charge on any atom is -0.497 e. The molecule has 1 atom stereocenters. The molecule has 0 saturated carbocycles. The van der Waals surface area contributed by atoms with Crippen molar-refractivity contribution in [2.45, 2.75) is 52.1 Å². The van der Waals surface area contributed by atoms with E-state index < -0.39 is 6.04 Å². The van der Waals surface area contributed by atoms with Gasteiger partial charge in [-0.2, -0.15) is 0 Å². The topological polar surface area (TPSA) is 58.6 Å². The van der Waals surface area contributed by atoms with Crippen LogP contribution in [0.15, 0.2) is 48.5 Å². The lowest BCUT2D eigenvalue weighted by molar-refractivity contribution is -0.141. The van der Waals surface area contributed by atoms with Gasteiger partial charge in [0.25, 0.3) is 0 Å². The van der Waals surface area contributed by atoms with Crippen LogP contribution in [0.1, 0.15) is 43.4 Å². The fourth-order valence-corrected chi connectivity index (χ4v) is 3.35. The second kappa shape index (κ2) is 11.2. The van der Waals surface area contributed by atoms with Gasteiger partial charge in [-0.1, -0.05) is 50.2 Å². The molecule has 0 spiro atoms. The molecule has 29 heavy (non-hydrogen) atoms. The van der Waals surface area contributed by atoms with E-state index in [2.05, 4.69) is 36.5 Å². The maximum Gasteiger partial charge on any atom is 0.242 e. The number of rotatable bonds is 10. The number of benzene rings is 2. The average molecular weight is 397 g/mol. The van der Waals surface area contributed by atoms with E-state index >= 15 is 0 Å². The normalized spacial score (nSPS) is 11.6. The summed E-state index contributed by atoms with van der Waals surface area (Å²) < 4.78 is 5.21.